The fourth-order valence-electron chi connectivity index (χ4n) is 1.05. The minimum absolute atomic E-state index is 0.0830. The van der Waals surface area contributed by atoms with Crippen molar-refractivity contribution in [2.45, 2.75) is 5.92 Å². The van der Waals surface area contributed by atoms with E-state index in [0.717, 1.165) is 5.56 Å². The first kappa shape index (κ1) is 9.78. The molecule has 1 atom stereocenters. The Morgan fingerprint density at radius 2 is 2.23 bits per heavy atom. The zero-order valence-corrected chi connectivity index (χ0v) is 7.59. The molecule has 0 aliphatic rings. The Morgan fingerprint density at radius 3 is 2.69 bits per heavy atom. The van der Waals surface area contributed by atoms with Gasteiger partial charge in [-0.1, -0.05) is 12.1 Å². The van der Waals surface area contributed by atoms with Crippen molar-refractivity contribution >= 4 is 0 Å². The average molecular weight is 179 g/mol. The quantitative estimate of drug-likeness (QED) is 0.648. The highest BCUT2D eigenvalue weighted by Gasteiger charge is 2.06. The highest BCUT2D eigenvalue weighted by molar-refractivity contribution is 5.33. The van der Waals surface area contributed by atoms with Gasteiger partial charge < -0.3 is 4.74 Å². The summed E-state index contributed by atoms with van der Waals surface area (Å²) in [6, 6.07) is 4.78. The first-order chi connectivity index (χ1) is 6.19. The molecule has 1 aromatic rings. The molecule has 0 bridgehead atoms. The maximum absolute atomic E-state index is 13.2. The number of halogens is 1. The van der Waals surface area contributed by atoms with Crippen molar-refractivity contribution < 1.29 is 9.13 Å². The number of hydrogen-bond donors (Lipinski definition) is 0. The van der Waals surface area contributed by atoms with Gasteiger partial charge in [-0.15, -0.1) is 6.58 Å². The van der Waals surface area contributed by atoms with Crippen molar-refractivity contribution in [3.05, 3.63) is 49.2 Å². The standard InChI is InChI=1S/C11H12FO/c1-4-8(2)9-5-6-11(13-3)10(12)7-9/h4-8H,1-2H2,3H3. The number of rotatable bonds is 3. The second kappa shape index (κ2) is 4.08. The molecule has 1 nitrogen and oxygen atoms in total. The maximum atomic E-state index is 13.2. The van der Waals surface area contributed by atoms with Crippen LogP contribution in [0, 0.1) is 12.7 Å². The first-order valence-corrected chi connectivity index (χ1v) is 3.98. The summed E-state index contributed by atoms with van der Waals surface area (Å²) in [4.78, 5) is 0. The Hall–Kier alpha value is -1.31. The van der Waals surface area contributed by atoms with Gasteiger partial charge in [0, 0.05) is 5.92 Å². The lowest BCUT2D eigenvalue weighted by Crippen LogP contribution is -1.93. The fraction of sp³-hybridized carbons (Fsp3) is 0.182. The molecule has 1 radical (unpaired) electrons. The minimum atomic E-state index is -0.365. The van der Waals surface area contributed by atoms with Crippen molar-refractivity contribution in [1.29, 1.82) is 0 Å². The molecule has 0 aliphatic heterocycles. The van der Waals surface area contributed by atoms with E-state index in [1.54, 1.807) is 18.2 Å². The number of hydrogen-bond acceptors (Lipinski definition) is 1. The molecule has 13 heavy (non-hydrogen) atoms. The number of ether oxygens (including phenoxy) is 1. The van der Waals surface area contributed by atoms with Crippen LogP contribution in [0.2, 0.25) is 0 Å². The van der Waals surface area contributed by atoms with Gasteiger partial charge >= 0.3 is 0 Å². The summed E-state index contributed by atoms with van der Waals surface area (Å²) in [6.07, 6.45) is 1.67. The predicted octanol–water partition coefficient (Wildman–Crippen LogP) is 2.94. The molecule has 0 fully saturated rings. The summed E-state index contributed by atoms with van der Waals surface area (Å²) in [5, 5.41) is 0. The Morgan fingerprint density at radius 1 is 1.54 bits per heavy atom. The summed E-state index contributed by atoms with van der Waals surface area (Å²) < 4.78 is 18.0. The molecule has 1 unspecified atom stereocenters. The Bertz CT molecular complexity index is 307. The van der Waals surface area contributed by atoms with E-state index in [1.807, 2.05) is 0 Å². The fourth-order valence-corrected chi connectivity index (χ4v) is 1.05. The van der Waals surface area contributed by atoms with Gasteiger partial charge in [0.05, 0.1) is 7.11 Å². The molecule has 0 N–H and O–H groups in total. The van der Waals surface area contributed by atoms with Gasteiger partial charge in [0.1, 0.15) is 0 Å². The lowest BCUT2D eigenvalue weighted by Gasteiger charge is -2.07. The van der Waals surface area contributed by atoms with Crippen LogP contribution < -0.4 is 4.74 Å². The van der Waals surface area contributed by atoms with Crippen molar-refractivity contribution in [1.82, 2.24) is 0 Å². The van der Waals surface area contributed by atoms with E-state index >= 15 is 0 Å². The van der Waals surface area contributed by atoms with E-state index in [1.165, 1.54) is 13.2 Å². The highest BCUT2D eigenvalue weighted by atomic mass is 19.1. The van der Waals surface area contributed by atoms with E-state index in [9.17, 15) is 4.39 Å². The van der Waals surface area contributed by atoms with Crippen LogP contribution in [-0.4, -0.2) is 7.11 Å². The minimum Gasteiger partial charge on any atom is -0.494 e. The van der Waals surface area contributed by atoms with Crippen LogP contribution in [0.1, 0.15) is 11.5 Å². The molecule has 0 amide bonds. The second-order valence-electron chi connectivity index (χ2n) is 2.74. The van der Waals surface area contributed by atoms with Gasteiger partial charge in [-0.05, 0) is 24.6 Å². The third-order valence-corrected chi connectivity index (χ3v) is 1.89. The van der Waals surface area contributed by atoms with Gasteiger partial charge in [-0.2, -0.15) is 0 Å². The molecule has 1 rings (SSSR count). The molecular formula is C11H12FO. The van der Waals surface area contributed by atoms with E-state index in [-0.39, 0.29) is 17.5 Å². The summed E-state index contributed by atoms with van der Waals surface area (Å²) in [6.45, 7) is 7.39. The molecule has 0 aromatic heterocycles. The van der Waals surface area contributed by atoms with Crippen molar-refractivity contribution in [2.24, 2.45) is 0 Å². The number of benzene rings is 1. The van der Waals surface area contributed by atoms with Crippen LogP contribution in [0.25, 0.3) is 0 Å². The molecule has 0 aliphatic carbocycles. The lowest BCUT2D eigenvalue weighted by atomic mass is 10.0. The zero-order valence-electron chi connectivity index (χ0n) is 7.59. The van der Waals surface area contributed by atoms with Gasteiger partial charge in [0.25, 0.3) is 0 Å². The molecule has 0 saturated carbocycles. The Balaban J connectivity index is 3.02. The second-order valence-corrected chi connectivity index (χ2v) is 2.74. The zero-order chi connectivity index (χ0) is 9.84. The van der Waals surface area contributed by atoms with Crippen LogP contribution in [0.3, 0.4) is 0 Å². The maximum Gasteiger partial charge on any atom is 0.165 e. The van der Waals surface area contributed by atoms with Crippen molar-refractivity contribution in [2.75, 3.05) is 7.11 Å². The summed E-state index contributed by atoms with van der Waals surface area (Å²) in [7, 11) is 1.44. The molecular weight excluding hydrogens is 167 g/mol. The van der Waals surface area contributed by atoms with Crippen LogP contribution in [0.4, 0.5) is 4.39 Å². The summed E-state index contributed by atoms with van der Waals surface area (Å²) in [5.74, 6) is -0.198. The van der Waals surface area contributed by atoms with Gasteiger partial charge in [-0.3, -0.25) is 0 Å². The number of methoxy groups -OCH3 is 1. The third-order valence-electron chi connectivity index (χ3n) is 1.89. The third kappa shape index (κ3) is 2.08. The first-order valence-electron chi connectivity index (χ1n) is 3.98. The lowest BCUT2D eigenvalue weighted by molar-refractivity contribution is 0.386. The Kier molecular flexibility index (Phi) is 3.07. The molecule has 0 saturated heterocycles. The largest absolute Gasteiger partial charge is 0.494 e. The molecule has 0 spiro atoms. The molecule has 69 valence electrons. The van der Waals surface area contributed by atoms with Gasteiger partial charge in [0.15, 0.2) is 11.6 Å². The van der Waals surface area contributed by atoms with E-state index in [4.69, 9.17) is 4.74 Å². The van der Waals surface area contributed by atoms with Crippen LogP contribution >= 0.6 is 0 Å². The van der Waals surface area contributed by atoms with E-state index < -0.39 is 0 Å². The van der Waals surface area contributed by atoms with Crippen LogP contribution in [0.15, 0.2) is 30.9 Å². The summed E-state index contributed by atoms with van der Waals surface area (Å²) in [5.41, 5.74) is 0.799. The molecule has 2 heteroatoms. The average Bonchev–Trinajstić information content (AvgIpc) is 2.16. The van der Waals surface area contributed by atoms with Gasteiger partial charge in [-0.25, -0.2) is 4.39 Å². The van der Waals surface area contributed by atoms with Gasteiger partial charge in [0.2, 0.25) is 0 Å². The molecule has 1 aromatic carbocycles. The van der Waals surface area contributed by atoms with Crippen molar-refractivity contribution in [3.63, 3.8) is 0 Å². The molecule has 0 heterocycles. The smallest absolute Gasteiger partial charge is 0.165 e. The Labute approximate surface area is 77.8 Å². The highest BCUT2D eigenvalue weighted by Crippen LogP contribution is 2.22. The topological polar surface area (TPSA) is 9.23 Å². The number of allylic oxidation sites excluding steroid dienone is 1. The van der Waals surface area contributed by atoms with E-state index in [2.05, 4.69) is 13.5 Å². The van der Waals surface area contributed by atoms with E-state index in [0.29, 0.717) is 0 Å². The van der Waals surface area contributed by atoms with Crippen LogP contribution in [-0.2, 0) is 0 Å². The predicted molar refractivity (Wildman–Crippen MR) is 51.2 cm³/mol. The van der Waals surface area contributed by atoms with Crippen molar-refractivity contribution in [3.8, 4) is 5.75 Å². The summed E-state index contributed by atoms with van der Waals surface area (Å²) >= 11 is 0. The normalized spacial score (nSPS) is 12.2. The SMILES string of the molecule is [CH2]C(C=C)c1ccc(OC)c(F)c1. The van der Waals surface area contributed by atoms with Crippen LogP contribution in [0.5, 0.6) is 5.75 Å². The monoisotopic (exact) mass is 179 g/mol.